The number of hydrogen-bond donors (Lipinski definition) is 1. The highest BCUT2D eigenvalue weighted by molar-refractivity contribution is 5.99. The lowest BCUT2D eigenvalue weighted by atomic mass is 9.98. The maximum Gasteiger partial charge on any atom is 0.331 e. The third-order valence-electron chi connectivity index (χ3n) is 7.10. The highest BCUT2D eigenvalue weighted by Gasteiger charge is 2.35. The van der Waals surface area contributed by atoms with Gasteiger partial charge in [0.25, 0.3) is 5.56 Å². The predicted molar refractivity (Wildman–Crippen MR) is 141 cm³/mol. The van der Waals surface area contributed by atoms with Crippen LogP contribution < -0.4 is 16.6 Å². The fraction of sp³-hybridized carbons (Fsp3) is 0.172. The Morgan fingerprint density at radius 2 is 1.57 bits per heavy atom. The molecule has 35 heavy (non-hydrogen) atoms. The van der Waals surface area contributed by atoms with Gasteiger partial charge in [-0.15, -0.1) is 0 Å². The van der Waals surface area contributed by atoms with Crippen LogP contribution >= 0.6 is 0 Å². The SMILES string of the molecule is Cc1cccc([C@H]2Nc3ccccc3-n3c(-c4ccccc4C)c4c(=O)n(C)c(=O)n(C)c4c32)c1. The smallest absolute Gasteiger partial charge is 0.331 e. The summed E-state index contributed by atoms with van der Waals surface area (Å²) in [6, 6.07) is 24.3. The van der Waals surface area contributed by atoms with Crippen LogP contribution in [-0.4, -0.2) is 13.7 Å². The lowest BCUT2D eigenvalue weighted by Gasteiger charge is -2.31. The van der Waals surface area contributed by atoms with Gasteiger partial charge in [-0.3, -0.25) is 13.9 Å². The predicted octanol–water partition coefficient (Wildman–Crippen LogP) is 4.83. The molecule has 6 rings (SSSR count). The van der Waals surface area contributed by atoms with Gasteiger partial charge in [-0.25, -0.2) is 4.79 Å². The number of para-hydroxylation sites is 2. The molecule has 0 saturated carbocycles. The minimum atomic E-state index is -0.339. The summed E-state index contributed by atoms with van der Waals surface area (Å²) >= 11 is 0. The minimum absolute atomic E-state index is 0.247. The fourth-order valence-electron chi connectivity index (χ4n) is 5.41. The van der Waals surface area contributed by atoms with Crippen LogP contribution in [0.5, 0.6) is 0 Å². The number of aryl methyl sites for hydroxylation is 3. The van der Waals surface area contributed by atoms with Crippen LogP contribution in [0.2, 0.25) is 0 Å². The molecule has 0 bridgehead atoms. The van der Waals surface area contributed by atoms with E-state index >= 15 is 0 Å². The number of anilines is 1. The van der Waals surface area contributed by atoms with Gasteiger partial charge in [-0.1, -0.05) is 66.2 Å². The molecular weight excluding hydrogens is 436 g/mol. The van der Waals surface area contributed by atoms with Gasteiger partial charge >= 0.3 is 5.69 Å². The highest BCUT2D eigenvalue weighted by Crippen LogP contribution is 2.45. The zero-order chi connectivity index (χ0) is 24.4. The zero-order valence-corrected chi connectivity index (χ0v) is 20.2. The number of nitrogens with one attached hydrogen (secondary N) is 1. The monoisotopic (exact) mass is 462 g/mol. The maximum atomic E-state index is 13.7. The number of hydrogen-bond acceptors (Lipinski definition) is 3. The Morgan fingerprint density at radius 1 is 0.829 bits per heavy atom. The van der Waals surface area contributed by atoms with E-state index in [-0.39, 0.29) is 17.3 Å². The molecule has 0 saturated heterocycles. The minimum Gasteiger partial charge on any atom is -0.371 e. The summed E-state index contributed by atoms with van der Waals surface area (Å²) < 4.78 is 5.01. The Morgan fingerprint density at radius 3 is 2.34 bits per heavy atom. The summed E-state index contributed by atoms with van der Waals surface area (Å²) in [7, 11) is 3.30. The van der Waals surface area contributed by atoms with Gasteiger partial charge in [0.05, 0.1) is 39.7 Å². The maximum absolute atomic E-state index is 13.7. The van der Waals surface area contributed by atoms with Crippen LogP contribution in [0.25, 0.3) is 27.8 Å². The topological polar surface area (TPSA) is 61.0 Å². The van der Waals surface area contributed by atoms with Crippen molar-refractivity contribution in [1.82, 2.24) is 13.7 Å². The molecule has 174 valence electrons. The Balaban J connectivity index is 1.89. The standard InChI is InChI=1S/C29H26N4O2/c1-17-10-9-12-19(16-17)24-27-26-23(28(34)32(4)29(35)31(26)3)25(20-13-6-5-11-18(20)2)33(27)22-15-8-7-14-21(22)30-24/h5-16,24,30H,1-4H3/t24-/m1/s1. The van der Waals surface area contributed by atoms with Crippen molar-refractivity contribution in [3.05, 3.63) is 116 Å². The molecule has 0 amide bonds. The van der Waals surface area contributed by atoms with Crippen molar-refractivity contribution >= 4 is 16.6 Å². The van der Waals surface area contributed by atoms with Crippen LogP contribution in [-0.2, 0) is 14.1 Å². The molecule has 6 heteroatoms. The number of fused-ring (bicyclic) bond motifs is 5. The van der Waals surface area contributed by atoms with Crippen molar-refractivity contribution in [2.75, 3.05) is 5.32 Å². The molecule has 1 aliphatic rings. The van der Waals surface area contributed by atoms with Crippen LogP contribution in [0.4, 0.5) is 5.69 Å². The van der Waals surface area contributed by atoms with Crippen LogP contribution in [0.3, 0.4) is 0 Å². The van der Waals surface area contributed by atoms with Crippen molar-refractivity contribution in [3.8, 4) is 16.9 Å². The molecule has 1 N–H and O–H groups in total. The molecule has 3 heterocycles. The summed E-state index contributed by atoms with van der Waals surface area (Å²) in [5.74, 6) is 0. The molecule has 6 nitrogen and oxygen atoms in total. The van der Waals surface area contributed by atoms with Gasteiger partial charge in [0.2, 0.25) is 0 Å². The van der Waals surface area contributed by atoms with Crippen LogP contribution in [0.1, 0.15) is 28.4 Å². The van der Waals surface area contributed by atoms with E-state index in [1.54, 1.807) is 18.7 Å². The number of aromatic nitrogens is 3. The molecule has 1 atom stereocenters. The van der Waals surface area contributed by atoms with Crippen molar-refractivity contribution < 1.29 is 0 Å². The van der Waals surface area contributed by atoms with Gasteiger partial charge in [-0.05, 0) is 37.1 Å². The van der Waals surface area contributed by atoms with E-state index in [1.807, 2.05) is 36.4 Å². The van der Waals surface area contributed by atoms with Crippen LogP contribution in [0, 0.1) is 13.8 Å². The Labute approximate surface area is 202 Å². The van der Waals surface area contributed by atoms with Crippen molar-refractivity contribution in [1.29, 1.82) is 0 Å². The van der Waals surface area contributed by atoms with Gasteiger partial charge in [0.1, 0.15) is 0 Å². The van der Waals surface area contributed by atoms with E-state index in [0.717, 1.165) is 45.0 Å². The van der Waals surface area contributed by atoms with Crippen molar-refractivity contribution in [2.45, 2.75) is 19.9 Å². The first-order valence-electron chi connectivity index (χ1n) is 11.7. The fourth-order valence-corrected chi connectivity index (χ4v) is 5.41. The van der Waals surface area contributed by atoms with Crippen molar-refractivity contribution in [2.24, 2.45) is 14.1 Å². The second kappa shape index (κ2) is 7.60. The normalized spacial score (nSPS) is 14.5. The van der Waals surface area contributed by atoms with Crippen LogP contribution in [0.15, 0.2) is 82.4 Å². The first-order chi connectivity index (χ1) is 16.9. The Kier molecular flexibility index (Phi) is 4.61. The third-order valence-corrected chi connectivity index (χ3v) is 7.10. The second-order valence-corrected chi connectivity index (χ2v) is 9.32. The van der Waals surface area contributed by atoms with Crippen molar-refractivity contribution in [3.63, 3.8) is 0 Å². The highest BCUT2D eigenvalue weighted by atomic mass is 16.2. The Hall–Kier alpha value is -4.32. The van der Waals surface area contributed by atoms with E-state index in [9.17, 15) is 9.59 Å². The molecule has 0 fully saturated rings. The summed E-state index contributed by atoms with van der Waals surface area (Å²) in [4.78, 5) is 26.9. The molecule has 0 unspecified atom stereocenters. The molecule has 1 aliphatic heterocycles. The van der Waals surface area contributed by atoms with E-state index in [0.29, 0.717) is 10.9 Å². The van der Waals surface area contributed by atoms with Gasteiger partial charge < -0.3 is 9.88 Å². The van der Waals surface area contributed by atoms with E-state index in [4.69, 9.17) is 0 Å². The van der Waals surface area contributed by atoms with Gasteiger partial charge in [0.15, 0.2) is 0 Å². The van der Waals surface area contributed by atoms with E-state index in [1.165, 1.54) is 4.57 Å². The lowest BCUT2D eigenvalue weighted by molar-refractivity contribution is 0.708. The zero-order valence-electron chi connectivity index (χ0n) is 20.2. The van der Waals surface area contributed by atoms with E-state index in [2.05, 4.69) is 60.1 Å². The first kappa shape index (κ1) is 21.2. The Bertz CT molecular complexity index is 1770. The molecular formula is C29H26N4O2. The second-order valence-electron chi connectivity index (χ2n) is 9.32. The molecule has 0 radical (unpaired) electrons. The molecule has 0 aliphatic carbocycles. The van der Waals surface area contributed by atoms with Gasteiger partial charge in [0, 0.05) is 19.7 Å². The largest absolute Gasteiger partial charge is 0.371 e. The molecule has 5 aromatic rings. The average molecular weight is 463 g/mol. The number of nitrogens with zero attached hydrogens (tertiary/aromatic N) is 3. The lowest BCUT2D eigenvalue weighted by Crippen LogP contribution is -2.37. The first-order valence-corrected chi connectivity index (χ1v) is 11.7. The van der Waals surface area contributed by atoms with Gasteiger partial charge in [-0.2, -0.15) is 0 Å². The quantitative estimate of drug-likeness (QED) is 0.409. The number of benzene rings is 3. The summed E-state index contributed by atoms with van der Waals surface area (Å²) in [5.41, 5.74) is 7.92. The molecule has 2 aromatic heterocycles. The van der Waals surface area contributed by atoms with E-state index < -0.39 is 0 Å². The molecule has 0 spiro atoms. The summed E-state index contributed by atoms with van der Waals surface area (Å²) in [6.45, 7) is 4.13. The summed E-state index contributed by atoms with van der Waals surface area (Å²) in [6.07, 6.45) is 0. The third kappa shape index (κ3) is 2.96. The number of rotatable bonds is 2. The average Bonchev–Trinajstić information content (AvgIpc) is 3.22. The molecule has 3 aromatic carbocycles. The summed E-state index contributed by atoms with van der Waals surface area (Å²) in [5, 5.41) is 4.25.